The Morgan fingerprint density at radius 1 is 1.40 bits per heavy atom. The van der Waals surface area contributed by atoms with Crippen LogP contribution in [0.5, 0.6) is 5.75 Å². The van der Waals surface area contributed by atoms with Gasteiger partial charge < -0.3 is 14.7 Å². The summed E-state index contributed by atoms with van der Waals surface area (Å²) in [6, 6.07) is 4.85. The van der Waals surface area contributed by atoms with Crippen molar-refractivity contribution < 1.29 is 23.1 Å². The molecule has 1 aromatic carbocycles. The van der Waals surface area contributed by atoms with Gasteiger partial charge in [-0.25, -0.2) is 13.2 Å². The van der Waals surface area contributed by atoms with E-state index in [9.17, 15) is 18.3 Å². The number of aromatic carboxylic acids is 1. The summed E-state index contributed by atoms with van der Waals surface area (Å²) in [5.74, 6) is -0.370. The summed E-state index contributed by atoms with van der Waals surface area (Å²) in [5, 5.41) is 9.18. The summed E-state index contributed by atoms with van der Waals surface area (Å²) >= 11 is 0. The van der Waals surface area contributed by atoms with Gasteiger partial charge in [0.15, 0.2) is 15.6 Å². The number of carbonyl (C=O) groups is 1. The zero-order valence-corrected chi connectivity index (χ0v) is 11.6. The van der Waals surface area contributed by atoms with E-state index in [1.807, 2.05) is 4.90 Å². The molecule has 0 amide bonds. The largest absolute Gasteiger partial charge is 0.489 e. The molecule has 1 saturated heterocycles. The van der Waals surface area contributed by atoms with Crippen molar-refractivity contribution in [2.75, 3.05) is 29.6 Å². The Hall–Kier alpha value is -1.76. The molecule has 2 aliphatic rings. The van der Waals surface area contributed by atoms with Gasteiger partial charge in [0.1, 0.15) is 12.2 Å². The molecule has 2 aliphatic heterocycles. The highest BCUT2D eigenvalue weighted by atomic mass is 32.2. The van der Waals surface area contributed by atoms with Crippen molar-refractivity contribution in [2.24, 2.45) is 0 Å². The van der Waals surface area contributed by atoms with Crippen LogP contribution < -0.4 is 9.64 Å². The molecule has 0 saturated carbocycles. The molecule has 0 radical (unpaired) electrons. The Labute approximate surface area is 116 Å². The number of benzene rings is 1. The standard InChI is InChI=1S/C13H15NO5S/c15-13(16)10-2-1-3-11-12(10)19-6-5-14(11)9-4-7-20(17,18)8-9/h1-3,9H,4-8H2,(H,15,16). The number of ether oxygens (including phenoxy) is 1. The van der Waals surface area contributed by atoms with E-state index >= 15 is 0 Å². The molecule has 3 rings (SSSR count). The molecular weight excluding hydrogens is 282 g/mol. The number of sulfone groups is 1. The molecule has 1 aromatic rings. The molecule has 1 atom stereocenters. The van der Waals surface area contributed by atoms with Gasteiger partial charge >= 0.3 is 5.97 Å². The van der Waals surface area contributed by atoms with E-state index in [1.165, 1.54) is 6.07 Å². The zero-order valence-electron chi connectivity index (χ0n) is 10.8. The lowest BCUT2D eigenvalue weighted by Gasteiger charge is -2.35. The second kappa shape index (κ2) is 4.66. The van der Waals surface area contributed by atoms with Gasteiger partial charge in [0, 0.05) is 6.04 Å². The van der Waals surface area contributed by atoms with Gasteiger partial charge in [-0.3, -0.25) is 0 Å². The number of para-hydroxylation sites is 1. The van der Waals surface area contributed by atoms with Gasteiger partial charge in [0.05, 0.1) is 23.7 Å². The highest BCUT2D eigenvalue weighted by Gasteiger charge is 2.35. The molecule has 0 bridgehead atoms. The average Bonchev–Trinajstić information content (AvgIpc) is 2.77. The van der Waals surface area contributed by atoms with Crippen molar-refractivity contribution in [1.29, 1.82) is 0 Å². The molecule has 20 heavy (non-hydrogen) atoms. The predicted molar refractivity (Wildman–Crippen MR) is 73.3 cm³/mol. The maximum atomic E-state index is 11.6. The highest BCUT2D eigenvalue weighted by Crippen LogP contribution is 2.37. The van der Waals surface area contributed by atoms with Crippen LogP contribution in [-0.2, 0) is 9.84 Å². The molecule has 2 heterocycles. The second-order valence-electron chi connectivity index (χ2n) is 5.06. The van der Waals surface area contributed by atoms with Crippen LogP contribution in [0, 0.1) is 0 Å². The van der Waals surface area contributed by atoms with E-state index < -0.39 is 15.8 Å². The summed E-state index contributed by atoms with van der Waals surface area (Å²) in [6.45, 7) is 0.949. The van der Waals surface area contributed by atoms with Gasteiger partial charge in [0.2, 0.25) is 0 Å². The number of carboxylic acids is 1. The van der Waals surface area contributed by atoms with Crippen LogP contribution in [0.15, 0.2) is 18.2 Å². The normalized spacial score (nSPS) is 24.0. The van der Waals surface area contributed by atoms with Crippen molar-refractivity contribution in [3.8, 4) is 5.75 Å². The lowest BCUT2D eigenvalue weighted by Crippen LogP contribution is -2.42. The lowest BCUT2D eigenvalue weighted by atomic mass is 10.1. The van der Waals surface area contributed by atoms with Crippen LogP contribution in [-0.4, -0.2) is 50.2 Å². The second-order valence-corrected chi connectivity index (χ2v) is 7.29. The first-order chi connectivity index (χ1) is 9.48. The molecule has 0 aliphatic carbocycles. The van der Waals surface area contributed by atoms with E-state index in [-0.39, 0.29) is 23.1 Å². The summed E-state index contributed by atoms with van der Waals surface area (Å²) in [6.07, 6.45) is 0.582. The molecule has 6 nitrogen and oxygen atoms in total. The molecule has 1 unspecified atom stereocenters. The van der Waals surface area contributed by atoms with Gasteiger partial charge in [-0.2, -0.15) is 0 Å². The van der Waals surface area contributed by atoms with Crippen LogP contribution in [0.4, 0.5) is 5.69 Å². The minimum atomic E-state index is -2.97. The summed E-state index contributed by atoms with van der Waals surface area (Å²) in [5.41, 5.74) is 0.798. The first-order valence-electron chi connectivity index (χ1n) is 6.44. The SMILES string of the molecule is O=C(O)c1cccc2c1OCCN2C1CCS(=O)(=O)C1. The Kier molecular flexibility index (Phi) is 3.08. The highest BCUT2D eigenvalue weighted by molar-refractivity contribution is 7.91. The number of hydrogen-bond donors (Lipinski definition) is 1. The molecule has 1 N–H and O–H groups in total. The smallest absolute Gasteiger partial charge is 0.339 e. The maximum Gasteiger partial charge on any atom is 0.339 e. The third kappa shape index (κ3) is 2.22. The first-order valence-corrected chi connectivity index (χ1v) is 8.26. The van der Waals surface area contributed by atoms with E-state index in [4.69, 9.17) is 4.74 Å². The van der Waals surface area contributed by atoms with Gasteiger partial charge in [-0.05, 0) is 18.6 Å². The molecule has 1 fully saturated rings. The van der Waals surface area contributed by atoms with E-state index in [1.54, 1.807) is 12.1 Å². The van der Waals surface area contributed by atoms with Crippen molar-refractivity contribution in [1.82, 2.24) is 0 Å². The first kappa shape index (κ1) is 13.2. The van der Waals surface area contributed by atoms with E-state index in [0.29, 0.717) is 31.0 Å². The Morgan fingerprint density at radius 2 is 2.20 bits per heavy atom. The lowest BCUT2D eigenvalue weighted by molar-refractivity contribution is 0.0692. The molecule has 108 valence electrons. The Morgan fingerprint density at radius 3 is 2.85 bits per heavy atom. The maximum absolute atomic E-state index is 11.6. The van der Waals surface area contributed by atoms with Crippen molar-refractivity contribution in [3.63, 3.8) is 0 Å². The van der Waals surface area contributed by atoms with E-state index in [2.05, 4.69) is 0 Å². The number of carboxylic acid groups (broad SMARTS) is 1. The number of anilines is 1. The minimum Gasteiger partial charge on any atom is -0.489 e. The fourth-order valence-corrected chi connectivity index (χ4v) is 4.57. The average molecular weight is 297 g/mol. The quantitative estimate of drug-likeness (QED) is 0.868. The van der Waals surface area contributed by atoms with Crippen molar-refractivity contribution >= 4 is 21.5 Å². The van der Waals surface area contributed by atoms with Crippen LogP contribution in [0.1, 0.15) is 16.8 Å². The fourth-order valence-electron chi connectivity index (χ4n) is 2.84. The third-order valence-electron chi connectivity index (χ3n) is 3.76. The molecular formula is C13H15NO5S. The van der Waals surface area contributed by atoms with Crippen molar-refractivity contribution in [3.05, 3.63) is 23.8 Å². The van der Waals surface area contributed by atoms with E-state index in [0.717, 1.165) is 0 Å². The third-order valence-corrected chi connectivity index (χ3v) is 5.51. The number of fused-ring (bicyclic) bond motifs is 1. The topological polar surface area (TPSA) is 83.9 Å². The summed E-state index contributed by atoms with van der Waals surface area (Å²) in [7, 11) is -2.97. The monoisotopic (exact) mass is 297 g/mol. The van der Waals surface area contributed by atoms with Crippen molar-refractivity contribution in [2.45, 2.75) is 12.5 Å². The van der Waals surface area contributed by atoms with Crippen LogP contribution in [0.25, 0.3) is 0 Å². The Balaban J connectivity index is 1.99. The van der Waals surface area contributed by atoms with Gasteiger partial charge in [-0.1, -0.05) is 6.07 Å². The summed E-state index contributed by atoms with van der Waals surface area (Å²) < 4.78 is 28.7. The fraction of sp³-hybridized carbons (Fsp3) is 0.462. The number of nitrogens with zero attached hydrogens (tertiary/aromatic N) is 1. The molecule has 0 aromatic heterocycles. The minimum absolute atomic E-state index is 0.0910. The molecule has 0 spiro atoms. The van der Waals surface area contributed by atoms with Crippen LogP contribution >= 0.6 is 0 Å². The summed E-state index contributed by atoms with van der Waals surface area (Å²) in [4.78, 5) is 13.2. The number of hydrogen-bond acceptors (Lipinski definition) is 5. The van der Waals surface area contributed by atoms with Crippen LogP contribution in [0.3, 0.4) is 0 Å². The predicted octanol–water partition coefficient (Wildman–Crippen LogP) is 0.771. The Bertz CT molecular complexity index is 655. The number of rotatable bonds is 2. The zero-order chi connectivity index (χ0) is 14.3. The van der Waals surface area contributed by atoms with Gasteiger partial charge in [0.25, 0.3) is 0 Å². The van der Waals surface area contributed by atoms with Gasteiger partial charge in [-0.15, -0.1) is 0 Å². The molecule has 7 heteroatoms. The van der Waals surface area contributed by atoms with Crippen LogP contribution in [0.2, 0.25) is 0 Å².